The fourth-order valence-corrected chi connectivity index (χ4v) is 3.60. The van der Waals surface area contributed by atoms with Gasteiger partial charge in [-0.05, 0) is 48.9 Å². The second-order valence-electron chi connectivity index (χ2n) is 7.32. The summed E-state index contributed by atoms with van der Waals surface area (Å²) in [5, 5.41) is 3.13. The molecule has 1 atom stereocenters. The predicted octanol–water partition coefficient (Wildman–Crippen LogP) is 4.69. The van der Waals surface area contributed by atoms with Gasteiger partial charge < -0.3 is 10.2 Å². The lowest BCUT2D eigenvalue weighted by molar-refractivity contribution is -0.121. The highest BCUT2D eigenvalue weighted by molar-refractivity contribution is 5.95. The Morgan fingerprint density at radius 3 is 2.33 bits per heavy atom. The van der Waals surface area contributed by atoms with Gasteiger partial charge in [-0.15, -0.1) is 0 Å². The summed E-state index contributed by atoms with van der Waals surface area (Å²) in [5.74, 6) is 0.482. The van der Waals surface area contributed by atoms with Crippen LogP contribution >= 0.6 is 0 Å². The summed E-state index contributed by atoms with van der Waals surface area (Å²) >= 11 is 0. The molecule has 4 heteroatoms. The molecule has 0 spiro atoms. The highest BCUT2D eigenvalue weighted by atomic mass is 16.2. The predicted molar refractivity (Wildman–Crippen MR) is 109 cm³/mol. The van der Waals surface area contributed by atoms with Crippen molar-refractivity contribution in [3.8, 4) is 0 Å². The molecule has 3 rings (SSSR count). The zero-order chi connectivity index (χ0) is 19.2. The lowest BCUT2D eigenvalue weighted by Gasteiger charge is -2.31. The van der Waals surface area contributed by atoms with Gasteiger partial charge in [0.05, 0.1) is 0 Å². The molecule has 0 aliphatic carbocycles. The number of para-hydroxylation sites is 1. The van der Waals surface area contributed by atoms with Gasteiger partial charge in [0.1, 0.15) is 0 Å². The van der Waals surface area contributed by atoms with Crippen molar-refractivity contribution >= 4 is 17.5 Å². The lowest BCUT2D eigenvalue weighted by atomic mass is 9.93. The van der Waals surface area contributed by atoms with Gasteiger partial charge in [0.2, 0.25) is 5.91 Å². The molecule has 1 heterocycles. The second kappa shape index (κ2) is 8.85. The number of piperidine rings is 1. The molecule has 1 fully saturated rings. The lowest BCUT2D eigenvalue weighted by Crippen LogP contribution is -2.41. The van der Waals surface area contributed by atoms with Crippen LogP contribution in [0.3, 0.4) is 0 Å². The summed E-state index contributed by atoms with van der Waals surface area (Å²) in [6.07, 6.45) is 2.44. The van der Waals surface area contributed by atoms with Crippen LogP contribution in [0.5, 0.6) is 0 Å². The van der Waals surface area contributed by atoms with Crippen LogP contribution in [0.25, 0.3) is 0 Å². The van der Waals surface area contributed by atoms with Gasteiger partial charge >= 0.3 is 0 Å². The van der Waals surface area contributed by atoms with Crippen LogP contribution < -0.4 is 5.32 Å². The molecule has 1 aliphatic heterocycles. The molecule has 2 amide bonds. The third-order valence-electron chi connectivity index (χ3n) is 5.54. The van der Waals surface area contributed by atoms with Crippen molar-refractivity contribution in [2.45, 2.75) is 39.0 Å². The van der Waals surface area contributed by atoms with E-state index in [1.165, 1.54) is 5.56 Å². The van der Waals surface area contributed by atoms with Crippen LogP contribution in [-0.2, 0) is 4.79 Å². The van der Waals surface area contributed by atoms with Crippen LogP contribution in [0, 0.1) is 5.92 Å². The van der Waals surface area contributed by atoms with Crippen molar-refractivity contribution in [2.75, 3.05) is 18.4 Å². The van der Waals surface area contributed by atoms with E-state index in [0.717, 1.165) is 12.1 Å². The largest absolute Gasteiger partial charge is 0.339 e. The van der Waals surface area contributed by atoms with Crippen molar-refractivity contribution in [2.24, 2.45) is 5.92 Å². The van der Waals surface area contributed by atoms with E-state index in [1.54, 1.807) is 0 Å². The maximum Gasteiger partial charge on any atom is 0.253 e. The van der Waals surface area contributed by atoms with Gasteiger partial charge in [0.25, 0.3) is 5.91 Å². The van der Waals surface area contributed by atoms with E-state index in [2.05, 4.69) is 25.2 Å². The van der Waals surface area contributed by atoms with E-state index < -0.39 is 0 Å². The summed E-state index contributed by atoms with van der Waals surface area (Å²) in [5.41, 5.74) is 2.81. The maximum absolute atomic E-state index is 12.8. The maximum atomic E-state index is 12.8. The minimum absolute atomic E-state index is 0.0465. The zero-order valence-electron chi connectivity index (χ0n) is 16.2. The topological polar surface area (TPSA) is 49.4 Å². The minimum Gasteiger partial charge on any atom is -0.339 e. The van der Waals surface area contributed by atoms with E-state index in [9.17, 15) is 9.59 Å². The van der Waals surface area contributed by atoms with Crippen molar-refractivity contribution < 1.29 is 9.59 Å². The molecule has 0 unspecified atom stereocenters. The summed E-state index contributed by atoms with van der Waals surface area (Å²) < 4.78 is 0. The van der Waals surface area contributed by atoms with Crippen LogP contribution in [0.15, 0.2) is 54.6 Å². The fraction of sp³-hybridized carbons (Fsp3) is 0.391. The summed E-state index contributed by atoms with van der Waals surface area (Å²) in [7, 11) is 0. The number of nitrogens with zero attached hydrogens (tertiary/aromatic N) is 1. The smallest absolute Gasteiger partial charge is 0.253 e. The van der Waals surface area contributed by atoms with Gasteiger partial charge in [0, 0.05) is 30.3 Å². The quantitative estimate of drug-likeness (QED) is 0.837. The summed E-state index contributed by atoms with van der Waals surface area (Å²) in [6, 6.07) is 17.4. The van der Waals surface area contributed by atoms with Crippen LogP contribution in [0.2, 0.25) is 0 Å². The van der Waals surface area contributed by atoms with E-state index in [0.29, 0.717) is 37.4 Å². The first-order valence-electron chi connectivity index (χ1n) is 9.84. The Bertz CT molecular complexity index is 780. The van der Waals surface area contributed by atoms with E-state index >= 15 is 0 Å². The standard InChI is InChI=1S/C23H28N2O2/c1-3-17(2)20-11-7-8-12-21(20)24-22(26)18-13-15-25(16-14-18)23(27)19-9-5-4-6-10-19/h4-12,17-18H,3,13-16H2,1-2H3,(H,24,26)/t17-/m1/s1. The Morgan fingerprint density at radius 1 is 1.04 bits per heavy atom. The SMILES string of the molecule is CC[C@@H](C)c1ccccc1NC(=O)C1CCN(C(=O)c2ccccc2)CC1. The van der Waals surface area contributed by atoms with Gasteiger partial charge in [-0.25, -0.2) is 0 Å². The van der Waals surface area contributed by atoms with Crippen LogP contribution in [0.1, 0.15) is 54.9 Å². The molecule has 142 valence electrons. The number of anilines is 1. The molecule has 27 heavy (non-hydrogen) atoms. The molecule has 2 aromatic carbocycles. The molecule has 4 nitrogen and oxygen atoms in total. The van der Waals surface area contributed by atoms with Gasteiger partial charge in [0.15, 0.2) is 0 Å². The minimum atomic E-state index is -0.0465. The molecule has 0 saturated carbocycles. The van der Waals surface area contributed by atoms with Crippen molar-refractivity contribution in [1.82, 2.24) is 4.90 Å². The van der Waals surface area contributed by atoms with E-state index in [1.807, 2.05) is 53.4 Å². The Hall–Kier alpha value is -2.62. The first kappa shape index (κ1) is 19.2. The summed E-state index contributed by atoms with van der Waals surface area (Å²) in [6.45, 7) is 5.58. The van der Waals surface area contributed by atoms with Crippen molar-refractivity contribution in [3.63, 3.8) is 0 Å². The number of carbonyl (C=O) groups excluding carboxylic acids is 2. The average Bonchev–Trinajstić information content (AvgIpc) is 2.73. The van der Waals surface area contributed by atoms with Crippen LogP contribution in [0.4, 0.5) is 5.69 Å². The number of carbonyl (C=O) groups is 2. The van der Waals surface area contributed by atoms with Gasteiger partial charge in [-0.3, -0.25) is 9.59 Å². The zero-order valence-corrected chi connectivity index (χ0v) is 16.2. The van der Waals surface area contributed by atoms with Crippen molar-refractivity contribution in [1.29, 1.82) is 0 Å². The second-order valence-corrected chi connectivity index (χ2v) is 7.32. The third kappa shape index (κ3) is 4.57. The third-order valence-corrected chi connectivity index (χ3v) is 5.54. The first-order valence-corrected chi connectivity index (χ1v) is 9.84. The normalized spacial score (nSPS) is 16.0. The molecular formula is C23H28N2O2. The van der Waals surface area contributed by atoms with E-state index in [4.69, 9.17) is 0 Å². The number of likely N-dealkylation sites (tertiary alicyclic amines) is 1. The number of hydrogen-bond donors (Lipinski definition) is 1. The Kier molecular flexibility index (Phi) is 6.28. The molecule has 1 saturated heterocycles. The average molecular weight is 364 g/mol. The molecule has 0 aromatic heterocycles. The number of hydrogen-bond acceptors (Lipinski definition) is 2. The number of rotatable bonds is 5. The molecule has 1 N–H and O–H groups in total. The van der Waals surface area contributed by atoms with Crippen molar-refractivity contribution in [3.05, 3.63) is 65.7 Å². The number of benzene rings is 2. The monoisotopic (exact) mass is 364 g/mol. The fourth-order valence-electron chi connectivity index (χ4n) is 3.60. The Labute approximate surface area is 161 Å². The van der Waals surface area contributed by atoms with Gasteiger partial charge in [-0.1, -0.05) is 50.2 Å². The van der Waals surface area contributed by atoms with Crippen LogP contribution in [-0.4, -0.2) is 29.8 Å². The molecular weight excluding hydrogens is 336 g/mol. The molecule has 0 radical (unpaired) electrons. The molecule has 2 aromatic rings. The Balaban J connectivity index is 1.59. The van der Waals surface area contributed by atoms with E-state index in [-0.39, 0.29) is 17.7 Å². The summed E-state index contributed by atoms with van der Waals surface area (Å²) in [4.78, 5) is 27.2. The molecule has 0 bridgehead atoms. The first-order chi connectivity index (χ1) is 13.1. The highest BCUT2D eigenvalue weighted by Crippen LogP contribution is 2.28. The highest BCUT2D eigenvalue weighted by Gasteiger charge is 2.28. The number of nitrogens with one attached hydrogen (secondary N) is 1. The van der Waals surface area contributed by atoms with Gasteiger partial charge in [-0.2, -0.15) is 0 Å². The number of amides is 2. The Morgan fingerprint density at radius 2 is 1.67 bits per heavy atom. The molecule has 1 aliphatic rings.